The van der Waals surface area contributed by atoms with Crippen LogP contribution in [0.5, 0.6) is 17.2 Å². The standard InChI is InChI=1S/C21H25NO6/c1-15-6-4-5-7-17(15)27-11-10-21(24)28-14-20(23)22-13-16-8-9-18(25-2)19(12-16)26-3/h4-9,12H,10-11,13-14H2,1-3H3,(H,22,23). The maximum atomic E-state index is 11.9. The fourth-order valence-corrected chi connectivity index (χ4v) is 2.42. The van der Waals surface area contributed by atoms with E-state index in [2.05, 4.69) is 5.32 Å². The Morgan fingerprint density at radius 2 is 1.71 bits per heavy atom. The van der Waals surface area contributed by atoms with Crippen molar-refractivity contribution < 1.29 is 28.5 Å². The zero-order chi connectivity index (χ0) is 20.4. The molecule has 0 aromatic heterocycles. The molecule has 2 aromatic carbocycles. The molecule has 0 heterocycles. The van der Waals surface area contributed by atoms with Gasteiger partial charge in [0.2, 0.25) is 0 Å². The van der Waals surface area contributed by atoms with Gasteiger partial charge in [0.25, 0.3) is 5.91 Å². The number of carbonyl (C=O) groups is 2. The summed E-state index contributed by atoms with van der Waals surface area (Å²) in [5.41, 5.74) is 1.83. The molecule has 0 aliphatic heterocycles. The number of ether oxygens (including phenoxy) is 4. The van der Waals surface area contributed by atoms with Crippen molar-refractivity contribution in [3.63, 3.8) is 0 Å². The lowest BCUT2D eigenvalue weighted by Gasteiger charge is -2.11. The van der Waals surface area contributed by atoms with Crippen LogP contribution in [0.3, 0.4) is 0 Å². The highest BCUT2D eigenvalue weighted by atomic mass is 16.5. The second kappa shape index (κ2) is 10.8. The third-order valence-corrected chi connectivity index (χ3v) is 3.96. The van der Waals surface area contributed by atoms with Gasteiger partial charge in [-0.3, -0.25) is 9.59 Å². The number of amides is 1. The molecule has 0 radical (unpaired) electrons. The first-order valence-corrected chi connectivity index (χ1v) is 8.85. The normalized spacial score (nSPS) is 10.1. The van der Waals surface area contributed by atoms with Gasteiger partial charge in [0.15, 0.2) is 18.1 Å². The number of nitrogens with one attached hydrogen (secondary N) is 1. The van der Waals surface area contributed by atoms with Gasteiger partial charge in [-0.25, -0.2) is 0 Å². The fourth-order valence-electron chi connectivity index (χ4n) is 2.42. The van der Waals surface area contributed by atoms with Crippen molar-refractivity contribution >= 4 is 11.9 Å². The Bertz CT molecular complexity index is 805. The molecule has 28 heavy (non-hydrogen) atoms. The van der Waals surface area contributed by atoms with E-state index in [0.29, 0.717) is 11.5 Å². The third-order valence-electron chi connectivity index (χ3n) is 3.96. The van der Waals surface area contributed by atoms with E-state index in [4.69, 9.17) is 18.9 Å². The summed E-state index contributed by atoms with van der Waals surface area (Å²) in [6.07, 6.45) is 0.0668. The number of rotatable bonds is 10. The highest BCUT2D eigenvalue weighted by molar-refractivity contribution is 5.80. The first-order valence-electron chi connectivity index (χ1n) is 8.85. The Morgan fingerprint density at radius 1 is 0.964 bits per heavy atom. The van der Waals surface area contributed by atoms with E-state index in [1.165, 1.54) is 0 Å². The monoisotopic (exact) mass is 387 g/mol. The van der Waals surface area contributed by atoms with Crippen LogP contribution in [0, 0.1) is 6.92 Å². The molecule has 0 atom stereocenters. The van der Waals surface area contributed by atoms with E-state index in [0.717, 1.165) is 16.9 Å². The number of esters is 1. The van der Waals surface area contributed by atoms with E-state index in [-0.39, 0.29) is 32.1 Å². The molecule has 0 saturated heterocycles. The zero-order valence-corrected chi connectivity index (χ0v) is 16.3. The highest BCUT2D eigenvalue weighted by Gasteiger charge is 2.10. The number of aryl methyl sites for hydroxylation is 1. The molecule has 0 unspecified atom stereocenters. The van der Waals surface area contributed by atoms with E-state index in [1.807, 2.05) is 37.3 Å². The molecule has 0 aliphatic rings. The third kappa shape index (κ3) is 6.50. The molecular weight excluding hydrogens is 362 g/mol. The van der Waals surface area contributed by atoms with Gasteiger partial charge in [0.05, 0.1) is 27.2 Å². The van der Waals surface area contributed by atoms with Crippen molar-refractivity contribution in [2.24, 2.45) is 0 Å². The largest absolute Gasteiger partial charge is 0.493 e. The Morgan fingerprint density at radius 3 is 2.43 bits per heavy atom. The Balaban J connectivity index is 1.68. The second-order valence-electron chi connectivity index (χ2n) is 5.99. The number of carbonyl (C=O) groups excluding carboxylic acids is 2. The Kier molecular flexibility index (Phi) is 8.14. The molecule has 2 aromatic rings. The molecule has 7 heteroatoms. The molecule has 0 spiro atoms. The first kappa shape index (κ1) is 21.1. The summed E-state index contributed by atoms with van der Waals surface area (Å²) in [5.74, 6) is 1.04. The molecule has 1 N–H and O–H groups in total. The Hall–Kier alpha value is -3.22. The minimum atomic E-state index is -0.491. The minimum absolute atomic E-state index is 0.0668. The number of benzene rings is 2. The summed E-state index contributed by atoms with van der Waals surface area (Å²) in [6.45, 7) is 2.07. The highest BCUT2D eigenvalue weighted by Crippen LogP contribution is 2.27. The van der Waals surface area contributed by atoms with E-state index >= 15 is 0 Å². The maximum Gasteiger partial charge on any atom is 0.309 e. The molecule has 2 rings (SSSR count). The predicted molar refractivity (Wildman–Crippen MR) is 104 cm³/mol. The van der Waals surface area contributed by atoms with Gasteiger partial charge in [0.1, 0.15) is 5.75 Å². The Labute approximate surface area is 164 Å². The van der Waals surface area contributed by atoms with Crippen LogP contribution in [0.25, 0.3) is 0 Å². The number of hydrogen-bond donors (Lipinski definition) is 1. The quantitative estimate of drug-likeness (QED) is 0.631. The van der Waals surface area contributed by atoms with Gasteiger partial charge in [-0.2, -0.15) is 0 Å². The van der Waals surface area contributed by atoms with E-state index in [1.54, 1.807) is 26.4 Å². The van der Waals surface area contributed by atoms with Gasteiger partial charge in [-0.15, -0.1) is 0 Å². The lowest BCUT2D eigenvalue weighted by Crippen LogP contribution is -2.28. The number of hydrogen-bond acceptors (Lipinski definition) is 6. The maximum absolute atomic E-state index is 11.9. The van der Waals surface area contributed by atoms with Gasteiger partial charge in [-0.05, 0) is 36.2 Å². The van der Waals surface area contributed by atoms with Crippen molar-refractivity contribution in [3.8, 4) is 17.2 Å². The van der Waals surface area contributed by atoms with Crippen LogP contribution in [0.2, 0.25) is 0 Å². The fraction of sp³-hybridized carbons (Fsp3) is 0.333. The summed E-state index contributed by atoms with van der Waals surface area (Å²) < 4.78 is 20.9. The van der Waals surface area contributed by atoms with Crippen LogP contribution in [0.4, 0.5) is 0 Å². The molecular formula is C21H25NO6. The molecule has 0 saturated carbocycles. The van der Waals surface area contributed by atoms with Crippen LogP contribution >= 0.6 is 0 Å². The number of methoxy groups -OCH3 is 2. The molecule has 7 nitrogen and oxygen atoms in total. The van der Waals surface area contributed by atoms with Crippen molar-refractivity contribution in [3.05, 3.63) is 53.6 Å². The SMILES string of the molecule is COc1ccc(CNC(=O)COC(=O)CCOc2ccccc2C)cc1OC. The van der Waals surface area contributed by atoms with Crippen LogP contribution in [-0.2, 0) is 20.9 Å². The predicted octanol–water partition coefficient (Wildman–Crippen LogP) is 2.64. The van der Waals surface area contributed by atoms with Crippen molar-refractivity contribution in [2.75, 3.05) is 27.4 Å². The first-order chi connectivity index (χ1) is 13.5. The van der Waals surface area contributed by atoms with Crippen LogP contribution in [0.15, 0.2) is 42.5 Å². The van der Waals surface area contributed by atoms with Crippen molar-refractivity contribution in [1.82, 2.24) is 5.32 Å². The van der Waals surface area contributed by atoms with E-state index in [9.17, 15) is 9.59 Å². The van der Waals surface area contributed by atoms with E-state index < -0.39 is 5.97 Å². The number of para-hydroxylation sites is 1. The van der Waals surface area contributed by atoms with Crippen LogP contribution < -0.4 is 19.5 Å². The smallest absolute Gasteiger partial charge is 0.309 e. The lowest BCUT2D eigenvalue weighted by atomic mass is 10.2. The summed E-state index contributed by atoms with van der Waals surface area (Å²) in [6, 6.07) is 12.9. The topological polar surface area (TPSA) is 83.1 Å². The average Bonchev–Trinajstić information content (AvgIpc) is 2.71. The summed E-state index contributed by atoms with van der Waals surface area (Å²) >= 11 is 0. The molecule has 150 valence electrons. The van der Waals surface area contributed by atoms with Gasteiger partial charge in [0, 0.05) is 6.54 Å². The van der Waals surface area contributed by atoms with Gasteiger partial charge in [-0.1, -0.05) is 24.3 Å². The van der Waals surface area contributed by atoms with Crippen molar-refractivity contribution in [1.29, 1.82) is 0 Å². The lowest BCUT2D eigenvalue weighted by molar-refractivity contribution is -0.149. The summed E-state index contributed by atoms with van der Waals surface area (Å²) in [5, 5.41) is 2.69. The van der Waals surface area contributed by atoms with Gasteiger partial charge >= 0.3 is 5.97 Å². The minimum Gasteiger partial charge on any atom is -0.493 e. The summed E-state index contributed by atoms with van der Waals surface area (Å²) in [7, 11) is 3.10. The molecule has 1 amide bonds. The van der Waals surface area contributed by atoms with Crippen molar-refractivity contribution in [2.45, 2.75) is 19.9 Å². The van der Waals surface area contributed by atoms with Crippen LogP contribution in [-0.4, -0.2) is 39.3 Å². The molecule has 0 fully saturated rings. The summed E-state index contributed by atoms with van der Waals surface area (Å²) in [4.78, 5) is 23.6. The zero-order valence-electron chi connectivity index (χ0n) is 16.3. The van der Waals surface area contributed by atoms with Crippen LogP contribution in [0.1, 0.15) is 17.5 Å². The molecule has 0 aliphatic carbocycles. The average molecular weight is 387 g/mol. The van der Waals surface area contributed by atoms with Gasteiger partial charge < -0.3 is 24.3 Å². The second-order valence-corrected chi connectivity index (χ2v) is 5.99. The molecule has 0 bridgehead atoms.